The summed E-state index contributed by atoms with van der Waals surface area (Å²) in [6.45, 7) is 5.24. The maximum absolute atomic E-state index is 9.85. The van der Waals surface area contributed by atoms with E-state index in [1.165, 1.54) is 18.4 Å². The Morgan fingerprint density at radius 2 is 2.08 bits per heavy atom. The van der Waals surface area contributed by atoms with Gasteiger partial charge in [-0.05, 0) is 32.3 Å². The highest BCUT2D eigenvalue weighted by atomic mass is 127. The first kappa shape index (κ1) is 21.3. The number of nitrogens with zero attached hydrogens (tertiary/aromatic N) is 2. The molecule has 1 saturated carbocycles. The standard InChI is InChI=1S/C20H31N3O2.HI/c1-3-21-19(23-13-10-16(24)14-23)22-15-20(11-6-7-12-20)17-8-4-5-9-18(17)25-2;/h4-5,8-9,16,24H,3,6-7,10-15H2,1-2H3,(H,21,22);1H/t16-;/m1./s1. The minimum atomic E-state index is -0.237. The zero-order valence-corrected chi connectivity index (χ0v) is 18.2. The molecule has 3 rings (SSSR count). The second-order valence-electron chi connectivity index (χ2n) is 7.25. The third-order valence-electron chi connectivity index (χ3n) is 5.57. The SMILES string of the molecule is CCNC(=NCC1(c2ccccc2OC)CCCC1)N1CC[C@@H](O)C1.I. The number of ether oxygens (including phenoxy) is 1. The smallest absolute Gasteiger partial charge is 0.194 e. The lowest BCUT2D eigenvalue weighted by atomic mass is 9.78. The van der Waals surface area contributed by atoms with Gasteiger partial charge in [0.15, 0.2) is 5.96 Å². The summed E-state index contributed by atoms with van der Waals surface area (Å²) < 4.78 is 5.64. The molecule has 0 spiro atoms. The maximum atomic E-state index is 9.85. The van der Waals surface area contributed by atoms with Crippen LogP contribution in [-0.4, -0.2) is 55.4 Å². The molecule has 1 saturated heterocycles. The van der Waals surface area contributed by atoms with Crippen LogP contribution in [-0.2, 0) is 5.41 Å². The summed E-state index contributed by atoms with van der Waals surface area (Å²) in [4.78, 5) is 7.18. The highest BCUT2D eigenvalue weighted by Crippen LogP contribution is 2.45. The van der Waals surface area contributed by atoms with E-state index in [0.29, 0.717) is 6.54 Å². The summed E-state index contributed by atoms with van der Waals surface area (Å²) in [6, 6.07) is 8.39. The number of nitrogens with one attached hydrogen (secondary N) is 1. The van der Waals surface area contributed by atoms with Crippen molar-refractivity contribution in [3.8, 4) is 5.75 Å². The van der Waals surface area contributed by atoms with Gasteiger partial charge in [0.05, 0.1) is 19.8 Å². The van der Waals surface area contributed by atoms with Crippen molar-refractivity contribution >= 4 is 29.9 Å². The van der Waals surface area contributed by atoms with E-state index < -0.39 is 0 Å². The first-order valence-electron chi connectivity index (χ1n) is 9.53. The van der Waals surface area contributed by atoms with Crippen molar-refractivity contribution in [2.45, 2.75) is 50.5 Å². The molecule has 1 atom stereocenters. The quantitative estimate of drug-likeness (QED) is 0.392. The second-order valence-corrected chi connectivity index (χ2v) is 7.25. The molecule has 1 aliphatic heterocycles. The van der Waals surface area contributed by atoms with Gasteiger partial charge in [0.1, 0.15) is 5.75 Å². The number of β-amino-alcohol motifs (C(OH)–C–C–N with tert-alkyl or cyclic N) is 1. The molecule has 6 heteroatoms. The first-order chi connectivity index (χ1) is 12.2. The third-order valence-corrected chi connectivity index (χ3v) is 5.57. The van der Waals surface area contributed by atoms with Crippen molar-refractivity contribution in [3.05, 3.63) is 29.8 Å². The fourth-order valence-corrected chi connectivity index (χ4v) is 4.23. The average Bonchev–Trinajstić information content (AvgIpc) is 3.28. The summed E-state index contributed by atoms with van der Waals surface area (Å²) in [6.07, 6.45) is 5.37. The topological polar surface area (TPSA) is 57.1 Å². The summed E-state index contributed by atoms with van der Waals surface area (Å²) in [7, 11) is 1.75. The van der Waals surface area contributed by atoms with Crippen LogP contribution >= 0.6 is 24.0 Å². The van der Waals surface area contributed by atoms with E-state index in [1.54, 1.807) is 7.11 Å². The average molecular weight is 473 g/mol. The highest BCUT2D eigenvalue weighted by molar-refractivity contribution is 14.0. The summed E-state index contributed by atoms with van der Waals surface area (Å²) in [5.74, 6) is 1.90. The number of aliphatic hydroxyl groups is 1. The number of aliphatic imine (C=N–C) groups is 1. The number of halogens is 1. The molecule has 26 heavy (non-hydrogen) atoms. The van der Waals surface area contributed by atoms with Crippen LogP contribution in [0.3, 0.4) is 0 Å². The lowest BCUT2D eigenvalue weighted by Gasteiger charge is -2.30. The Bertz CT molecular complexity index is 602. The number of likely N-dealkylation sites (tertiary alicyclic amines) is 1. The molecule has 0 amide bonds. The van der Waals surface area contributed by atoms with E-state index in [4.69, 9.17) is 9.73 Å². The predicted octanol–water partition coefficient (Wildman–Crippen LogP) is 3.16. The Morgan fingerprint density at radius 3 is 2.69 bits per heavy atom. The normalized spacial score (nSPS) is 22.2. The van der Waals surface area contributed by atoms with Crippen LogP contribution in [0.1, 0.15) is 44.6 Å². The molecule has 1 aromatic rings. The van der Waals surface area contributed by atoms with E-state index >= 15 is 0 Å². The number of guanidine groups is 1. The van der Waals surface area contributed by atoms with Gasteiger partial charge in [-0.3, -0.25) is 4.99 Å². The maximum Gasteiger partial charge on any atom is 0.194 e. The molecule has 0 aromatic heterocycles. The van der Waals surface area contributed by atoms with Gasteiger partial charge in [-0.15, -0.1) is 24.0 Å². The van der Waals surface area contributed by atoms with Gasteiger partial charge in [-0.1, -0.05) is 31.0 Å². The van der Waals surface area contributed by atoms with Gasteiger partial charge in [0.2, 0.25) is 0 Å². The Kier molecular flexibility index (Phi) is 8.01. The Balaban J connectivity index is 0.00000243. The van der Waals surface area contributed by atoms with Crippen LogP contribution in [0.2, 0.25) is 0 Å². The molecule has 146 valence electrons. The van der Waals surface area contributed by atoms with Crippen LogP contribution in [0.4, 0.5) is 0 Å². The van der Waals surface area contributed by atoms with E-state index in [1.807, 2.05) is 6.07 Å². The lowest BCUT2D eigenvalue weighted by Crippen LogP contribution is -2.41. The number of aliphatic hydroxyl groups excluding tert-OH is 1. The summed E-state index contributed by atoms with van der Waals surface area (Å²) >= 11 is 0. The molecule has 2 fully saturated rings. The molecular weight excluding hydrogens is 441 g/mol. The minimum Gasteiger partial charge on any atom is -0.496 e. The molecular formula is C20H32IN3O2. The molecule has 0 unspecified atom stereocenters. The Morgan fingerprint density at radius 1 is 1.35 bits per heavy atom. The van der Waals surface area contributed by atoms with Crippen LogP contribution in [0, 0.1) is 0 Å². The first-order valence-corrected chi connectivity index (χ1v) is 9.53. The minimum absolute atomic E-state index is 0. The Labute approximate surface area is 174 Å². The number of hydrogen-bond acceptors (Lipinski definition) is 3. The fourth-order valence-electron chi connectivity index (χ4n) is 4.23. The largest absolute Gasteiger partial charge is 0.496 e. The number of methoxy groups -OCH3 is 1. The van der Waals surface area contributed by atoms with Gasteiger partial charge in [0.25, 0.3) is 0 Å². The molecule has 2 N–H and O–H groups in total. The van der Waals surface area contributed by atoms with Crippen molar-refractivity contribution in [2.24, 2.45) is 4.99 Å². The highest BCUT2D eigenvalue weighted by Gasteiger charge is 2.38. The molecule has 1 aromatic carbocycles. The summed E-state index contributed by atoms with van der Waals surface area (Å²) in [5, 5.41) is 13.3. The van der Waals surface area contributed by atoms with Crippen molar-refractivity contribution in [3.63, 3.8) is 0 Å². The number of rotatable bonds is 5. The Hall–Kier alpha value is -1.02. The van der Waals surface area contributed by atoms with Gasteiger partial charge in [-0.25, -0.2) is 0 Å². The van der Waals surface area contributed by atoms with Gasteiger partial charge >= 0.3 is 0 Å². The van der Waals surface area contributed by atoms with Crippen LogP contribution in [0.15, 0.2) is 29.3 Å². The van der Waals surface area contributed by atoms with Crippen molar-refractivity contribution in [1.82, 2.24) is 10.2 Å². The van der Waals surface area contributed by atoms with Crippen LogP contribution < -0.4 is 10.1 Å². The van der Waals surface area contributed by atoms with E-state index in [9.17, 15) is 5.11 Å². The van der Waals surface area contributed by atoms with Crippen molar-refractivity contribution in [2.75, 3.05) is 33.3 Å². The van der Waals surface area contributed by atoms with E-state index in [0.717, 1.165) is 50.6 Å². The van der Waals surface area contributed by atoms with Gasteiger partial charge in [0, 0.05) is 30.6 Å². The van der Waals surface area contributed by atoms with Gasteiger partial charge in [-0.2, -0.15) is 0 Å². The zero-order valence-electron chi connectivity index (χ0n) is 15.9. The number of hydrogen-bond donors (Lipinski definition) is 2. The zero-order chi connectivity index (χ0) is 17.7. The molecule has 0 radical (unpaired) electrons. The predicted molar refractivity (Wildman–Crippen MR) is 117 cm³/mol. The lowest BCUT2D eigenvalue weighted by molar-refractivity contribution is 0.187. The van der Waals surface area contributed by atoms with Crippen LogP contribution in [0.5, 0.6) is 5.75 Å². The van der Waals surface area contributed by atoms with E-state index in [-0.39, 0.29) is 35.5 Å². The van der Waals surface area contributed by atoms with Crippen molar-refractivity contribution < 1.29 is 9.84 Å². The number of benzene rings is 1. The number of para-hydroxylation sites is 1. The van der Waals surface area contributed by atoms with Gasteiger partial charge < -0.3 is 20.1 Å². The summed E-state index contributed by atoms with van der Waals surface area (Å²) in [5.41, 5.74) is 1.35. The third kappa shape index (κ3) is 4.63. The molecule has 0 bridgehead atoms. The second kappa shape index (κ2) is 9.78. The molecule has 2 aliphatic rings. The van der Waals surface area contributed by atoms with E-state index in [2.05, 4.69) is 35.3 Å². The molecule has 1 aliphatic carbocycles. The molecule has 1 heterocycles. The monoisotopic (exact) mass is 473 g/mol. The molecule has 5 nitrogen and oxygen atoms in total. The van der Waals surface area contributed by atoms with Crippen molar-refractivity contribution in [1.29, 1.82) is 0 Å². The fraction of sp³-hybridized carbons (Fsp3) is 0.650. The van der Waals surface area contributed by atoms with Crippen LogP contribution in [0.25, 0.3) is 0 Å².